The predicted octanol–water partition coefficient (Wildman–Crippen LogP) is 4.00. The van der Waals surface area contributed by atoms with Crippen LogP contribution in [0.4, 0.5) is 0 Å². The van der Waals surface area contributed by atoms with Crippen molar-refractivity contribution in [1.82, 2.24) is 0 Å². The van der Waals surface area contributed by atoms with Gasteiger partial charge in [0, 0.05) is 5.56 Å². The lowest BCUT2D eigenvalue weighted by Crippen LogP contribution is -2.09. The third kappa shape index (κ3) is 4.00. The molecule has 0 fully saturated rings. The van der Waals surface area contributed by atoms with E-state index in [0.717, 1.165) is 0 Å². The summed E-state index contributed by atoms with van der Waals surface area (Å²) >= 11 is 5.97. The van der Waals surface area contributed by atoms with Crippen LogP contribution in [0.3, 0.4) is 0 Å². The Morgan fingerprint density at radius 3 is 2.30 bits per heavy atom. The maximum atomic E-state index is 11.1. The van der Waals surface area contributed by atoms with E-state index < -0.39 is 0 Å². The van der Waals surface area contributed by atoms with Crippen LogP contribution in [0.1, 0.15) is 17.3 Å². The average molecular weight is 291 g/mol. The summed E-state index contributed by atoms with van der Waals surface area (Å²) in [6.07, 6.45) is 0. The summed E-state index contributed by atoms with van der Waals surface area (Å²) in [6.45, 7) is 2.34. The number of rotatable bonds is 6. The summed E-state index contributed by atoms with van der Waals surface area (Å²) in [5.74, 6) is 1.39. The van der Waals surface area contributed by atoms with Crippen LogP contribution in [-0.4, -0.2) is 19.0 Å². The quantitative estimate of drug-likeness (QED) is 0.596. The Morgan fingerprint density at radius 2 is 1.65 bits per heavy atom. The Morgan fingerprint density at radius 1 is 1.00 bits per heavy atom. The highest BCUT2D eigenvalue weighted by Crippen LogP contribution is 2.22. The molecule has 0 aliphatic carbocycles. The van der Waals surface area contributed by atoms with Gasteiger partial charge in [-0.25, -0.2) is 0 Å². The van der Waals surface area contributed by atoms with Crippen LogP contribution < -0.4 is 9.47 Å². The summed E-state index contributed by atoms with van der Waals surface area (Å²) in [5.41, 5.74) is 0.671. The molecular weight excluding hydrogens is 276 g/mol. The van der Waals surface area contributed by atoms with Gasteiger partial charge in [0.05, 0.1) is 5.02 Å². The second-order valence-electron chi connectivity index (χ2n) is 4.21. The molecule has 0 N–H and O–H groups in total. The Hall–Kier alpha value is -2.00. The number of hydrogen-bond acceptors (Lipinski definition) is 3. The summed E-state index contributed by atoms with van der Waals surface area (Å²) in [4.78, 5) is 11.1. The maximum absolute atomic E-state index is 11.1. The summed E-state index contributed by atoms with van der Waals surface area (Å²) in [5, 5.41) is 0.582. The van der Waals surface area contributed by atoms with E-state index in [9.17, 15) is 4.79 Å². The van der Waals surface area contributed by atoms with Crippen LogP contribution in [-0.2, 0) is 0 Å². The first-order valence-electron chi connectivity index (χ1n) is 6.28. The number of Topliss-reactive ketones (excluding diaryl/α,β-unsaturated/α-hetero) is 1. The molecule has 0 aromatic heterocycles. The molecule has 104 valence electrons. The predicted molar refractivity (Wildman–Crippen MR) is 78.9 cm³/mol. The fourth-order valence-electron chi connectivity index (χ4n) is 1.66. The SMILES string of the molecule is CC(=O)c1ccc(OCCOc2ccccc2Cl)cc1. The molecule has 2 rings (SSSR count). The van der Waals surface area contributed by atoms with Crippen LogP contribution in [0, 0.1) is 0 Å². The number of carbonyl (C=O) groups excluding carboxylic acids is 1. The van der Waals surface area contributed by atoms with Crippen molar-refractivity contribution in [3.8, 4) is 11.5 Å². The lowest BCUT2D eigenvalue weighted by Gasteiger charge is -2.09. The molecule has 0 bridgehead atoms. The van der Waals surface area contributed by atoms with E-state index in [2.05, 4.69) is 0 Å². The monoisotopic (exact) mass is 290 g/mol. The van der Waals surface area contributed by atoms with Gasteiger partial charge in [-0.15, -0.1) is 0 Å². The second-order valence-corrected chi connectivity index (χ2v) is 4.62. The highest BCUT2D eigenvalue weighted by Gasteiger charge is 2.01. The molecule has 0 radical (unpaired) electrons. The zero-order valence-electron chi connectivity index (χ0n) is 11.1. The molecule has 2 aromatic rings. The maximum Gasteiger partial charge on any atom is 0.159 e. The molecule has 2 aromatic carbocycles. The van der Waals surface area contributed by atoms with Crippen molar-refractivity contribution in [3.63, 3.8) is 0 Å². The third-order valence-electron chi connectivity index (χ3n) is 2.71. The van der Waals surface area contributed by atoms with Gasteiger partial charge in [-0.2, -0.15) is 0 Å². The molecule has 0 saturated heterocycles. The number of ketones is 1. The van der Waals surface area contributed by atoms with E-state index in [-0.39, 0.29) is 5.78 Å². The molecule has 0 unspecified atom stereocenters. The molecule has 3 nitrogen and oxygen atoms in total. The van der Waals surface area contributed by atoms with Crippen LogP contribution in [0.25, 0.3) is 0 Å². The largest absolute Gasteiger partial charge is 0.490 e. The summed E-state index contributed by atoms with van der Waals surface area (Å²) in [7, 11) is 0. The second kappa shape index (κ2) is 6.96. The van der Waals surface area contributed by atoms with Crippen molar-refractivity contribution < 1.29 is 14.3 Å². The van der Waals surface area contributed by atoms with Crippen LogP contribution in [0.5, 0.6) is 11.5 Å². The van der Waals surface area contributed by atoms with Gasteiger partial charge in [0.15, 0.2) is 5.78 Å². The fraction of sp³-hybridized carbons (Fsp3) is 0.188. The van der Waals surface area contributed by atoms with E-state index in [1.807, 2.05) is 18.2 Å². The Bertz CT molecular complexity index is 579. The van der Waals surface area contributed by atoms with Gasteiger partial charge < -0.3 is 9.47 Å². The number of para-hydroxylation sites is 1. The van der Waals surface area contributed by atoms with Gasteiger partial charge in [0.2, 0.25) is 0 Å². The highest BCUT2D eigenvalue weighted by atomic mass is 35.5. The van der Waals surface area contributed by atoms with Crippen molar-refractivity contribution in [2.75, 3.05) is 13.2 Å². The minimum Gasteiger partial charge on any atom is -0.490 e. The number of ether oxygens (including phenoxy) is 2. The molecule has 20 heavy (non-hydrogen) atoms. The smallest absolute Gasteiger partial charge is 0.159 e. The number of halogens is 1. The molecular formula is C16H15ClO3. The standard InChI is InChI=1S/C16H15ClO3/c1-12(18)13-6-8-14(9-7-13)19-10-11-20-16-5-3-2-4-15(16)17/h2-9H,10-11H2,1H3. The van der Waals surface area contributed by atoms with Crippen molar-refractivity contribution in [1.29, 1.82) is 0 Å². The van der Waals surface area contributed by atoms with Crippen molar-refractivity contribution in [2.24, 2.45) is 0 Å². The first-order valence-corrected chi connectivity index (χ1v) is 6.66. The third-order valence-corrected chi connectivity index (χ3v) is 3.02. The van der Waals surface area contributed by atoms with E-state index in [1.54, 1.807) is 30.3 Å². The lowest BCUT2D eigenvalue weighted by atomic mass is 10.1. The van der Waals surface area contributed by atoms with E-state index in [0.29, 0.717) is 35.3 Å². The zero-order chi connectivity index (χ0) is 14.4. The average Bonchev–Trinajstić information content (AvgIpc) is 2.46. The van der Waals surface area contributed by atoms with Gasteiger partial charge in [0.1, 0.15) is 24.7 Å². The van der Waals surface area contributed by atoms with E-state index >= 15 is 0 Å². The topological polar surface area (TPSA) is 35.5 Å². The Balaban J connectivity index is 1.79. The highest BCUT2D eigenvalue weighted by molar-refractivity contribution is 6.32. The molecule has 0 aliphatic heterocycles. The van der Waals surface area contributed by atoms with E-state index in [1.165, 1.54) is 6.92 Å². The molecule has 0 amide bonds. The summed E-state index contributed by atoms with van der Waals surface area (Å²) in [6, 6.07) is 14.3. The number of carbonyl (C=O) groups is 1. The molecule has 0 spiro atoms. The zero-order valence-corrected chi connectivity index (χ0v) is 11.9. The van der Waals surface area contributed by atoms with Gasteiger partial charge in [-0.05, 0) is 43.3 Å². The van der Waals surface area contributed by atoms with Gasteiger partial charge in [-0.3, -0.25) is 4.79 Å². The molecule has 0 heterocycles. The van der Waals surface area contributed by atoms with Gasteiger partial charge in [0.25, 0.3) is 0 Å². The van der Waals surface area contributed by atoms with Crippen LogP contribution in [0.2, 0.25) is 5.02 Å². The lowest BCUT2D eigenvalue weighted by molar-refractivity contribution is 0.101. The Kier molecular flexibility index (Phi) is 5.02. The van der Waals surface area contributed by atoms with Crippen LogP contribution >= 0.6 is 11.6 Å². The first kappa shape index (κ1) is 14.4. The minimum absolute atomic E-state index is 0.0404. The summed E-state index contributed by atoms with van der Waals surface area (Å²) < 4.78 is 11.0. The number of hydrogen-bond donors (Lipinski definition) is 0. The normalized spacial score (nSPS) is 10.1. The van der Waals surface area contributed by atoms with Gasteiger partial charge in [-0.1, -0.05) is 23.7 Å². The molecule has 0 atom stereocenters. The number of benzene rings is 2. The van der Waals surface area contributed by atoms with Crippen molar-refractivity contribution >= 4 is 17.4 Å². The van der Waals surface area contributed by atoms with Crippen LogP contribution in [0.15, 0.2) is 48.5 Å². The van der Waals surface area contributed by atoms with E-state index in [4.69, 9.17) is 21.1 Å². The molecule has 0 aliphatic rings. The first-order chi connectivity index (χ1) is 9.66. The van der Waals surface area contributed by atoms with Crippen molar-refractivity contribution in [3.05, 3.63) is 59.1 Å². The Labute approximate surface area is 123 Å². The van der Waals surface area contributed by atoms with Gasteiger partial charge >= 0.3 is 0 Å². The molecule has 4 heteroatoms. The minimum atomic E-state index is 0.0404. The van der Waals surface area contributed by atoms with Crippen molar-refractivity contribution in [2.45, 2.75) is 6.92 Å². The molecule has 0 saturated carbocycles. The fourth-order valence-corrected chi connectivity index (χ4v) is 1.85.